The first-order valence-corrected chi connectivity index (χ1v) is 15.5. The zero-order valence-corrected chi connectivity index (χ0v) is 25.3. The number of hydrogen-bond acceptors (Lipinski definition) is 5. The molecule has 0 aliphatic heterocycles. The van der Waals surface area contributed by atoms with Crippen LogP contribution in [-0.4, -0.2) is 50.6 Å². The normalized spacial score (nSPS) is 12.0. The Balaban J connectivity index is 1.58. The van der Waals surface area contributed by atoms with Crippen molar-refractivity contribution < 1.29 is 17.9 Å². The highest BCUT2D eigenvalue weighted by atomic mass is 32.2. The van der Waals surface area contributed by atoms with Crippen molar-refractivity contribution in [3.8, 4) is 17.0 Å². The molecule has 41 heavy (non-hydrogen) atoms. The van der Waals surface area contributed by atoms with Gasteiger partial charge in [0.25, 0.3) is 10.0 Å². The van der Waals surface area contributed by atoms with Gasteiger partial charge in [0.1, 0.15) is 0 Å². The fourth-order valence-corrected chi connectivity index (χ4v) is 5.76. The van der Waals surface area contributed by atoms with Crippen LogP contribution in [0.3, 0.4) is 0 Å². The molecule has 218 valence electrons. The summed E-state index contributed by atoms with van der Waals surface area (Å²) in [5.74, 6) is 0.296. The third-order valence-corrected chi connectivity index (χ3v) is 8.52. The zero-order valence-electron chi connectivity index (χ0n) is 24.5. The molecule has 1 aromatic heterocycles. The molecule has 4 aromatic rings. The van der Waals surface area contributed by atoms with Crippen LogP contribution in [-0.2, 0) is 15.4 Å². The molecule has 0 saturated heterocycles. The summed E-state index contributed by atoms with van der Waals surface area (Å²) >= 11 is 0. The molecule has 0 unspecified atom stereocenters. The molecule has 0 aliphatic carbocycles. The van der Waals surface area contributed by atoms with Gasteiger partial charge < -0.3 is 19.9 Å². The number of rotatable bonds is 11. The molecule has 3 aromatic carbocycles. The highest BCUT2D eigenvalue weighted by Crippen LogP contribution is 2.39. The molecule has 8 nitrogen and oxygen atoms in total. The van der Waals surface area contributed by atoms with Gasteiger partial charge in [-0.3, -0.25) is 4.72 Å². The molecule has 0 fully saturated rings. The Hall–Kier alpha value is -3.82. The van der Waals surface area contributed by atoms with Crippen molar-refractivity contribution in [2.24, 2.45) is 0 Å². The van der Waals surface area contributed by atoms with Gasteiger partial charge in [0, 0.05) is 23.1 Å². The monoisotopic (exact) mass is 576 g/mol. The quantitative estimate of drug-likeness (QED) is 0.171. The standard InChI is InChI=1S/C32H40N4O4S/c1-6-36(7-2)21-11-20-33-31(37)40-30-29(23-12-9-8-10-13-23)27-22-25(16-19-28(27)34-30)35-41(38,39)26-17-14-24(15-18-26)32(3,4)5/h8-10,12-19,22,34-35H,6-7,11,20-21H2,1-5H3,(H,33,37). The molecule has 1 heterocycles. The van der Waals surface area contributed by atoms with E-state index in [1.165, 1.54) is 0 Å². The van der Waals surface area contributed by atoms with Crippen LogP contribution in [0, 0.1) is 0 Å². The van der Waals surface area contributed by atoms with Crippen molar-refractivity contribution in [3.63, 3.8) is 0 Å². The zero-order chi connectivity index (χ0) is 29.6. The van der Waals surface area contributed by atoms with Gasteiger partial charge >= 0.3 is 6.09 Å². The van der Waals surface area contributed by atoms with Crippen molar-refractivity contribution in [2.75, 3.05) is 30.9 Å². The minimum Gasteiger partial charge on any atom is -0.393 e. The maximum Gasteiger partial charge on any atom is 0.413 e. The maximum absolute atomic E-state index is 13.2. The Morgan fingerprint density at radius 3 is 2.27 bits per heavy atom. The number of anilines is 1. The number of nitrogens with one attached hydrogen (secondary N) is 3. The molecule has 9 heteroatoms. The largest absolute Gasteiger partial charge is 0.413 e. The average Bonchev–Trinajstić information content (AvgIpc) is 3.29. The number of hydrogen-bond donors (Lipinski definition) is 3. The molecule has 3 N–H and O–H groups in total. The second-order valence-electron chi connectivity index (χ2n) is 11.0. The summed E-state index contributed by atoms with van der Waals surface area (Å²) in [6.45, 7) is 13.8. The lowest BCUT2D eigenvalue weighted by Gasteiger charge is -2.19. The van der Waals surface area contributed by atoms with Crippen LogP contribution in [0.15, 0.2) is 77.7 Å². The van der Waals surface area contributed by atoms with E-state index in [0.717, 1.165) is 42.6 Å². The van der Waals surface area contributed by atoms with E-state index in [1.807, 2.05) is 42.5 Å². The maximum atomic E-state index is 13.2. The number of aromatic nitrogens is 1. The lowest BCUT2D eigenvalue weighted by atomic mass is 9.87. The lowest BCUT2D eigenvalue weighted by Crippen LogP contribution is -2.31. The lowest BCUT2D eigenvalue weighted by molar-refractivity contribution is 0.198. The number of aromatic amines is 1. The Kier molecular flexibility index (Phi) is 9.40. The SMILES string of the molecule is CCN(CC)CCCNC(=O)Oc1[nH]c2ccc(NS(=O)(=O)c3ccc(C(C)(C)C)cc3)cc2c1-c1ccccc1. The van der Waals surface area contributed by atoms with Gasteiger partial charge in [-0.25, -0.2) is 13.2 Å². The van der Waals surface area contributed by atoms with Gasteiger partial charge in [-0.2, -0.15) is 0 Å². The van der Waals surface area contributed by atoms with E-state index in [0.29, 0.717) is 29.2 Å². The topological polar surface area (TPSA) is 104 Å². The predicted octanol–water partition coefficient (Wildman–Crippen LogP) is 6.75. The van der Waals surface area contributed by atoms with E-state index in [1.54, 1.807) is 30.3 Å². The van der Waals surface area contributed by atoms with E-state index < -0.39 is 16.1 Å². The molecule has 1 amide bonds. The molecule has 0 aliphatic rings. The first kappa shape index (κ1) is 30.1. The number of H-pyrrole nitrogens is 1. The van der Waals surface area contributed by atoms with Gasteiger partial charge in [0.2, 0.25) is 5.88 Å². The van der Waals surface area contributed by atoms with Crippen LogP contribution >= 0.6 is 0 Å². The van der Waals surface area contributed by atoms with Crippen molar-refractivity contribution in [1.29, 1.82) is 0 Å². The first-order chi connectivity index (χ1) is 19.5. The fraction of sp³-hybridized carbons (Fsp3) is 0.344. The summed E-state index contributed by atoms with van der Waals surface area (Å²) in [6, 6.07) is 21.7. The Morgan fingerprint density at radius 1 is 0.951 bits per heavy atom. The van der Waals surface area contributed by atoms with Crippen LogP contribution in [0.1, 0.15) is 46.6 Å². The van der Waals surface area contributed by atoms with Gasteiger partial charge in [-0.05, 0) is 72.9 Å². The second-order valence-corrected chi connectivity index (χ2v) is 12.7. The van der Waals surface area contributed by atoms with Crippen LogP contribution in [0.25, 0.3) is 22.0 Å². The summed E-state index contributed by atoms with van der Waals surface area (Å²) in [4.78, 5) is 18.4. The third kappa shape index (κ3) is 7.48. The summed E-state index contributed by atoms with van der Waals surface area (Å²) < 4.78 is 34.9. The molecule has 0 spiro atoms. The van der Waals surface area contributed by atoms with Crippen molar-refractivity contribution >= 4 is 32.7 Å². The molecule has 0 radical (unpaired) electrons. The smallest absolute Gasteiger partial charge is 0.393 e. The highest BCUT2D eigenvalue weighted by molar-refractivity contribution is 7.92. The number of ether oxygens (including phenoxy) is 1. The van der Waals surface area contributed by atoms with E-state index in [2.05, 4.69) is 54.5 Å². The van der Waals surface area contributed by atoms with Gasteiger partial charge in [0.05, 0.1) is 10.5 Å². The summed E-state index contributed by atoms with van der Waals surface area (Å²) in [6.07, 6.45) is 0.269. The number of carbonyl (C=O) groups is 1. The summed E-state index contributed by atoms with van der Waals surface area (Å²) in [7, 11) is -3.82. The van der Waals surface area contributed by atoms with Crippen LogP contribution < -0.4 is 14.8 Å². The third-order valence-electron chi connectivity index (χ3n) is 7.12. The number of sulfonamides is 1. The Labute approximate surface area is 243 Å². The van der Waals surface area contributed by atoms with Gasteiger partial charge in [-0.1, -0.05) is 77.1 Å². The first-order valence-electron chi connectivity index (χ1n) is 14.0. The van der Waals surface area contributed by atoms with Crippen molar-refractivity contribution in [2.45, 2.75) is 51.3 Å². The van der Waals surface area contributed by atoms with E-state index in [9.17, 15) is 13.2 Å². The van der Waals surface area contributed by atoms with Crippen molar-refractivity contribution in [1.82, 2.24) is 15.2 Å². The number of nitrogens with zero attached hydrogens (tertiary/aromatic N) is 1. The Bertz CT molecular complexity index is 1570. The van der Waals surface area contributed by atoms with E-state index in [4.69, 9.17) is 4.74 Å². The Morgan fingerprint density at radius 2 is 1.63 bits per heavy atom. The average molecular weight is 577 g/mol. The molecule has 4 rings (SSSR count). The molecular formula is C32H40N4O4S. The summed E-state index contributed by atoms with van der Waals surface area (Å²) in [5, 5.41) is 3.56. The number of carbonyl (C=O) groups excluding carboxylic acids is 1. The molecular weight excluding hydrogens is 536 g/mol. The van der Waals surface area contributed by atoms with E-state index in [-0.39, 0.29) is 10.3 Å². The highest BCUT2D eigenvalue weighted by Gasteiger charge is 2.21. The molecule has 0 saturated carbocycles. The minimum absolute atomic E-state index is 0.0785. The van der Waals surface area contributed by atoms with Crippen LogP contribution in [0.5, 0.6) is 5.88 Å². The second kappa shape index (κ2) is 12.8. The van der Waals surface area contributed by atoms with Gasteiger partial charge in [-0.15, -0.1) is 0 Å². The minimum atomic E-state index is -3.82. The number of fused-ring (bicyclic) bond motifs is 1. The molecule has 0 bridgehead atoms. The fourth-order valence-electron chi connectivity index (χ4n) is 4.71. The van der Waals surface area contributed by atoms with E-state index >= 15 is 0 Å². The predicted molar refractivity (Wildman–Crippen MR) is 166 cm³/mol. The molecule has 0 atom stereocenters. The van der Waals surface area contributed by atoms with Gasteiger partial charge in [0.15, 0.2) is 0 Å². The number of amides is 1. The van der Waals surface area contributed by atoms with Crippen LogP contribution in [0.4, 0.5) is 10.5 Å². The number of benzene rings is 3. The van der Waals surface area contributed by atoms with Crippen LogP contribution in [0.2, 0.25) is 0 Å². The van der Waals surface area contributed by atoms with Crippen molar-refractivity contribution in [3.05, 3.63) is 78.4 Å². The summed E-state index contributed by atoms with van der Waals surface area (Å²) in [5.41, 5.74) is 3.60.